The van der Waals surface area contributed by atoms with Crippen LogP contribution in [0, 0.1) is 0 Å². The molecule has 0 aromatic heterocycles. The normalized spacial score (nSPS) is 15.7. The number of halogens is 21. The minimum atomic E-state index is -9.31. The highest BCUT2D eigenvalue weighted by Crippen LogP contribution is 2.67. The van der Waals surface area contributed by atoms with Gasteiger partial charge in [-0.15, -0.1) is 0 Å². The molecule has 0 spiro atoms. The molecule has 0 unspecified atom stereocenters. The Kier molecular flexibility index (Phi) is 8.14. The summed E-state index contributed by atoms with van der Waals surface area (Å²) in [6.45, 7) is 0. The Labute approximate surface area is 209 Å². The standard InChI is InChI=1S/C17H5F21O3/c18-8(19,4-2-1-3-5(39)6(4)7(40)41)9(20,21)10(22,23)11(24,25)12(26,27)13(28,29)14(30,31)15(32,33)16(34,35)17(36,37)38/h1-3,39H,(H,40,41). The third kappa shape index (κ3) is 4.36. The fourth-order valence-corrected chi connectivity index (χ4v) is 2.75. The maximum absolute atomic E-state index is 14.3. The van der Waals surface area contributed by atoms with E-state index in [0.29, 0.717) is 0 Å². The van der Waals surface area contributed by atoms with Crippen LogP contribution in [-0.2, 0) is 5.92 Å². The molecule has 0 aliphatic carbocycles. The molecule has 3 nitrogen and oxygen atoms in total. The van der Waals surface area contributed by atoms with E-state index in [1.54, 1.807) is 0 Å². The van der Waals surface area contributed by atoms with Crippen molar-refractivity contribution in [3.05, 3.63) is 29.3 Å². The molecular formula is C17H5F21O3. The highest BCUT2D eigenvalue weighted by atomic mass is 19.4. The van der Waals surface area contributed by atoms with Gasteiger partial charge in [0.2, 0.25) is 0 Å². The summed E-state index contributed by atoms with van der Waals surface area (Å²) in [5.41, 5.74) is -5.70. The Morgan fingerprint density at radius 1 is 0.488 bits per heavy atom. The summed E-state index contributed by atoms with van der Waals surface area (Å²) in [4.78, 5) is 10.9. The SMILES string of the molecule is O=C(O)c1c(O)cccc1C(F)(F)C(F)(F)C(F)(F)C(F)(F)C(F)(F)C(F)(F)C(F)(F)C(F)(F)C(F)(F)C(F)(F)F. The van der Waals surface area contributed by atoms with Crippen molar-refractivity contribution in [2.75, 3.05) is 0 Å². The quantitative estimate of drug-likeness (QED) is 0.253. The van der Waals surface area contributed by atoms with Gasteiger partial charge in [0.25, 0.3) is 0 Å². The van der Waals surface area contributed by atoms with Gasteiger partial charge in [0.15, 0.2) is 0 Å². The number of aromatic carboxylic acids is 1. The van der Waals surface area contributed by atoms with Crippen molar-refractivity contribution in [3.8, 4) is 5.75 Å². The van der Waals surface area contributed by atoms with Gasteiger partial charge in [-0.05, 0) is 6.07 Å². The molecule has 1 aromatic rings. The van der Waals surface area contributed by atoms with Crippen LogP contribution < -0.4 is 0 Å². The molecule has 2 N–H and O–H groups in total. The summed E-state index contributed by atoms with van der Waals surface area (Å²) in [6, 6.07) is -0.725. The molecule has 1 rings (SSSR count). The monoisotopic (exact) mass is 656 g/mol. The van der Waals surface area contributed by atoms with E-state index in [9.17, 15) is 97.0 Å². The van der Waals surface area contributed by atoms with Crippen LogP contribution in [-0.4, -0.2) is 69.7 Å². The number of carbonyl (C=O) groups is 1. The number of carboxylic acid groups (broad SMARTS) is 1. The maximum atomic E-state index is 14.3. The first-order chi connectivity index (χ1) is 17.6. The third-order valence-corrected chi connectivity index (χ3v) is 5.11. The molecule has 0 fully saturated rings. The molecule has 0 radical (unpaired) electrons. The maximum Gasteiger partial charge on any atom is 0.460 e. The number of hydrogen-bond acceptors (Lipinski definition) is 2. The summed E-state index contributed by atoms with van der Waals surface area (Å²) in [7, 11) is 0. The Balaban J connectivity index is 3.95. The second-order valence-electron chi connectivity index (χ2n) is 7.67. The van der Waals surface area contributed by atoms with Crippen LogP contribution in [0.1, 0.15) is 15.9 Å². The summed E-state index contributed by atoms with van der Waals surface area (Å²) < 4.78 is 282. The number of benzene rings is 1. The number of aromatic hydroxyl groups is 1. The Morgan fingerprint density at radius 2 is 0.780 bits per heavy atom. The molecular weight excluding hydrogens is 651 g/mol. The average molecular weight is 656 g/mol. The van der Waals surface area contributed by atoms with Gasteiger partial charge in [-0.3, -0.25) is 0 Å². The van der Waals surface area contributed by atoms with Crippen molar-refractivity contribution >= 4 is 5.97 Å². The van der Waals surface area contributed by atoms with E-state index in [1.165, 1.54) is 0 Å². The number of phenols is 1. The molecule has 0 amide bonds. The first-order valence-corrected chi connectivity index (χ1v) is 9.11. The van der Waals surface area contributed by atoms with E-state index in [4.69, 9.17) is 10.2 Å². The van der Waals surface area contributed by atoms with Crippen molar-refractivity contribution in [3.63, 3.8) is 0 Å². The highest BCUT2D eigenvalue weighted by molar-refractivity contribution is 5.92. The Hall–Kier alpha value is -2.98. The summed E-state index contributed by atoms with van der Waals surface area (Å²) in [6.07, 6.45) is -8.07. The lowest BCUT2D eigenvalue weighted by Crippen LogP contribution is -2.76. The summed E-state index contributed by atoms with van der Waals surface area (Å²) >= 11 is 0. The zero-order valence-electron chi connectivity index (χ0n) is 18.0. The van der Waals surface area contributed by atoms with Gasteiger partial charge in [0.1, 0.15) is 11.3 Å². The second kappa shape index (κ2) is 9.26. The van der Waals surface area contributed by atoms with Gasteiger partial charge in [-0.25, -0.2) is 4.79 Å². The van der Waals surface area contributed by atoms with E-state index in [0.717, 1.165) is 0 Å². The zero-order valence-corrected chi connectivity index (χ0v) is 18.0. The molecule has 0 aliphatic heterocycles. The average Bonchev–Trinajstić information content (AvgIpc) is 2.76. The van der Waals surface area contributed by atoms with Gasteiger partial charge in [0.05, 0.1) is 0 Å². The van der Waals surface area contributed by atoms with Gasteiger partial charge in [-0.1, -0.05) is 12.1 Å². The van der Waals surface area contributed by atoms with E-state index in [2.05, 4.69) is 0 Å². The minimum Gasteiger partial charge on any atom is -0.507 e. The number of hydrogen-bond donors (Lipinski definition) is 2. The van der Waals surface area contributed by atoms with Crippen LogP contribution in [0.2, 0.25) is 0 Å². The molecule has 24 heteroatoms. The van der Waals surface area contributed by atoms with Gasteiger partial charge in [-0.2, -0.15) is 92.2 Å². The van der Waals surface area contributed by atoms with Crippen LogP contribution in [0.15, 0.2) is 18.2 Å². The second-order valence-corrected chi connectivity index (χ2v) is 7.67. The molecule has 0 aliphatic rings. The highest BCUT2D eigenvalue weighted by Gasteiger charge is 2.98. The largest absolute Gasteiger partial charge is 0.507 e. The lowest BCUT2D eigenvalue weighted by molar-refractivity contribution is -0.474. The van der Waals surface area contributed by atoms with Crippen molar-refractivity contribution < 1.29 is 107 Å². The lowest BCUT2D eigenvalue weighted by atomic mass is 9.84. The molecule has 238 valence electrons. The third-order valence-electron chi connectivity index (χ3n) is 5.11. The van der Waals surface area contributed by atoms with Gasteiger partial charge < -0.3 is 10.2 Å². The molecule has 1 aromatic carbocycles. The lowest BCUT2D eigenvalue weighted by Gasteiger charge is -2.44. The number of carboxylic acids is 1. The fourth-order valence-electron chi connectivity index (χ4n) is 2.75. The van der Waals surface area contributed by atoms with Crippen molar-refractivity contribution in [1.82, 2.24) is 0 Å². The zero-order chi connectivity index (χ0) is 33.4. The molecule has 0 atom stereocenters. The molecule has 0 heterocycles. The van der Waals surface area contributed by atoms with E-state index in [-0.39, 0.29) is 12.1 Å². The Morgan fingerprint density at radius 3 is 1.07 bits per heavy atom. The van der Waals surface area contributed by atoms with Crippen LogP contribution in [0.5, 0.6) is 5.75 Å². The van der Waals surface area contributed by atoms with E-state index >= 15 is 0 Å². The van der Waals surface area contributed by atoms with Crippen molar-refractivity contribution in [2.24, 2.45) is 0 Å². The first-order valence-electron chi connectivity index (χ1n) is 9.11. The fraction of sp³-hybridized carbons (Fsp3) is 0.588. The van der Waals surface area contributed by atoms with Crippen molar-refractivity contribution in [2.45, 2.75) is 59.5 Å². The molecule has 41 heavy (non-hydrogen) atoms. The van der Waals surface area contributed by atoms with E-state index in [1.807, 2.05) is 0 Å². The van der Waals surface area contributed by atoms with Crippen LogP contribution in [0.25, 0.3) is 0 Å². The predicted molar refractivity (Wildman–Crippen MR) is 84.6 cm³/mol. The predicted octanol–water partition coefficient (Wildman–Crippen LogP) is 7.83. The smallest absolute Gasteiger partial charge is 0.460 e. The summed E-state index contributed by atoms with van der Waals surface area (Å²) in [5, 5.41) is 17.8. The van der Waals surface area contributed by atoms with Crippen LogP contribution in [0.4, 0.5) is 92.2 Å². The molecule has 0 bridgehead atoms. The van der Waals surface area contributed by atoms with Crippen LogP contribution in [0.3, 0.4) is 0 Å². The first kappa shape index (κ1) is 36.0. The van der Waals surface area contributed by atoms with Crippen LogP contribution >= 0.6 is 0 Å². The Bertz CT molecular complexity index is 1170. The minimum absolute atomic E-state index is 0.0433. The summed E-state index contributed by atoms with van der Waals surface area (Å²) in [5.74, 6) is -84.1. The van der Waals surface area contributed by atoms with E-state index < -0.39 is 88.4 Å². The van der Waals surface area contributed by atoms with Gasteiger partial charge >= 0.3 is 65.4 Å². The van der Waals surface area contributed by atoms with Gasteiger partial charge in [0, 0.05) is 5.56 Å². The topological polar surface area (TPSA) is 57.5 Å². The number of rotatable bonds is 10. The molecule has 0 saturated carbocycles. The molecule has 0 saturated heterocycles. The van der Waals surface area contributed by atoms with Crippen molar-refractivity contribution in [1.29, 1.82) is 0 Å². The number of alkyl halides is 21.